The quantitative estimate of drug-likeness (QED) is 0.718. The van der Waals surface area contributed by atoms with Gasteiger partial charge in [0.05, 0.1) is 13.7 Å². The lowest BCUT2D eigenvalue weighted by Crippen LogP contribution is -2.24. The molecule has 0 aromatic heterocycles. The SMILES string of the molecule is COc1cc[c]c(OCCCNC(C)C)c1. The molecule has 0 atom stereocenters. The normalized spacial score (nSPS) is 10.5. The van der Waals surface area contributed by atoms with Crippen molar-refractivity contribution in [3.63, 3.8) is 0 Å². The van der Waals surface area contributed by atoms with Crippen LogP contribution in [0.2, 0.25) is 0 Å². The fourth-order valence-corrected chi connectivity index (χ4v) is 1.28. The highest BCUT2D eigenvalue weighted by atomic mass is 16.5. The summed E-state index contributed by atoms with van der Waals surface area (Å²) >= 11 is 0. The minimum atomic E-state index is 0.531. The minimum Gasteiger partial charge on any atom is -0.497 e. The average molecular weight is 222 g/mol. The third kappa shape index (κ3) is 5.03. The number of ether oxygens (including phenoxy) is 2. The van der Waals surface area contributed by atoms with Crippen LogP contribution < -0.4 is 14.8 Å². The van der Waals surface area contributed by atoms with E-state index in [0.29, 0.717) is 12.6 Å². The largest absolute Gasteiger partial charge is 0.497 e. The van der Waals surface area contributed by atoms with Crippen molar-refractivity contribution in [3.8, 4) is 11.5 Å². The summed E-state index contributed by atoms with van der Waals surface area (Å²) in [6.45, 7) is 5.94. The Morgan fingerprint density at radius 2 is 2.25 bits per heavy atom. The van der Waals surface area contributed by atoms with Gasteiger partial charge in [-0.15, -0.1) is 0 Å². The maximum atomic E-state index is 5.55. The van der Waals surface area contributed by atoms with E-state index >= 15 is 0 Å². The Morgan fingerprint density at radius 3 is 2.94 bits per heavy atom. The molecule has 16 heavy (non-hydrogen) atoms. The molecule has 0 spiro atoms. The van der Waals surface area contributed by atoms with Crippen LogP contribution in [0.3, 0.4) is 0 Å². The predicted molar refractivity (Wildman–Crippen MR) is 65.1 cm³/mol. The van der Waals surface area contributed by atoms with Crippen molar-refractivity contribution >= 4 is 0 Å². The monoisotopic (exact) mass is 222 g/mol. The Hall–Kier alpha value is -1.22. The van der Waals surface area contributed by atoms with Crippen molar-refractivity contribution in [2.45, 2.75) is 26.3 Å². The molecule has 0 unspecified atom stereocenters. The standard InChI is InChI=1S/C13H20NO2/c1-11(2)14-8-5-9-16-13-7-4-6-12(10-13)15-3/h4,6,10-11,14H,5,8-9H2,1-3H3. The zero-order chi connectivity index (χ0) is 11.8. The van der Waals surface area contributed by atoms with E-state index in [4.69, 9.17) is 9.47 Å². The summed E-state index contributed by atoms with van der Waals surface area (Å²) in [7, 11) is 1.64. The molecular formula is C13H20NO2. The second-order valence-corrected chi connectivity index (χ2v) is 3.90. The molecule has 89 valence electrons. The van der Waals surface area contributed by atoms with Gasteiger partial charge in [-0.2, -0.15) is 0 Å². The summed E-state index contributed by atoms with van der Waals surface area (Å²) in [5, 5.41) is 3.34. The molecule has 0 aliphatic rings. The highest BCUT2D eigenvalue weighted by Crippen LogP contribution is 2.18. The first-order valence-corrected chi connectivity index (χ1v) is 5.64. The maximum Gasteiger partial charge on any atom is 0.130 e. The molecule has 0 aliphatic heterocycles. The Morgan fingerprint density at radius 1 is 1.44 bits per heavy atom. The molecule has 1 rings (SSSR count). The molecule has 1 aromatic rings. The molecule has 3 nitrogen and oxygen atoms in total. The van der Waals surface area contributed by atoms with Gasteiger partial charge in [0.2, 0.25) is 0 Å². The van der Waals surface area contributed by atoms with Gasteiger partial charge in [0.25, 0.3) is 0 Å². The number of benzene rings is 1. The summed E-state index contributed by atoms with van der Waals surface area (Å²) in [6, 6.07) is 9.05. The molecule has 0 fully saturated rings. The van der Waals surface area contributed by atoms with Gasteiger partial charge < -0.3 is 14.8 Å². The maximum absolute atomic E-state index is 5.55. The van der Waals surface area contributed by atoms with E-state index in [1.807, 2.05) is 12.1 Å². The first-order valence-electron chi connectivity index (χ1n) is 5.64. The van der Waals surface area contributed by atoms with E-state index in [1.165, 1.54) is 0 Å². The van der Waals surface area contributed by atoms with Crippen LogP contribution in [-0.4, -0.2) is 26.3 Å². The van der Waals surface area contributed by atoms with Crippen LogP contribution in [0.1, 0.15) is 20.3 Å². The average Bonchev–Trinajstić information content (AvgIpc) is 2.28. The van der Waals surface area contributed by atoms with Gasteiger partial charge >= 0.3 is 0 Å². The third-order valence-electron chi connectivity index (χ3n) is 2.11. The first-order chi connectivity index (χ1) is 7.72. The summed E-state index contributed by atoms with van der Waals surface area (Å²) in [4.78, 5) is 0. The van der Waals surface area contributed by atoms with Crippen molar-refractivity contribution in [1.82, 2.24) is 5.32 Å². The Labute approximate surface area is 97.8 Å². The molecule has 1 radical (unpaired) electrons. The highest BCUT2D eigenvalue weighted by molar-refractivity contribution is 5.31. The molecule has 1 aromatic carbocycles. The lowest BCUT2D eigenvalue weighted by atomic mass is 10.3. The van der Waals surface area contributed by atoms with Crippen molar-refractivity contribution in [3.05, 3.63) is 24.3 Å². The summed E-state index contributed by atoms with van der Waals surface area (Å²) < 4.78 is 10.7. The number of nitrogens with one attached hydrogen (secondary N) is 1. The van der Waals surface area contributed by atoms with E-state index in [0.717, 1.165) is 24.5 Å². The first kappa shape index (κ1) is 12.8. The minimum absolute atomic E-state index is 0.531. The van der Waals surface area contributed by atoms with Crippen LogP contribution >= 0.6 is 0 Å². The van der Waals surface area contributed by atoms with E-state index in [-0.39, 0.29) is 0 Å². The topological polar surface area (TPSA) is 30.5 Å². The third-order valence-corrected chi connectivity index (χ3v) is 2.11. The van der Waals surface area contributed by atoms with Crippen LogP contribution in [0.5, 0.6) is 11.5 Å². The van der Waals surface area contributed by atoms with Crippen LogP contribution in [-0.2, 0) is 0 Å². The van der Waals surface area contributed by atoms with E-state index < -0.39 is 0 Å². The molecule has 0 heterocycles. The van der Waals surface area contributed by atoms with Gasteiger partial charge in [-0.1, -0.05) is 13.8 Å². The fourth-order valence-electron chi connectivity index (χ4n) is 1.28. The van der Waals surface area contributed by atoms with Crippen LogP contribution in [0.15, 0.2) is 18.2 Å². The van der Waals surface area contributed by atoms with Gasteiger partial charge in [0.15, 0.2) is 0 Å². The second kappa shape index (κ2) is 7.12. The Balaban J connectivity index is 2.21. The van der Waals surface area contributed by atoms with Gasteiger partial charge in [-0.25, -0.2) is 0 Å². The summed E-state index contributed by atoms with van der Waals surface area (Å²) in [6.07, 6.45) is 0.989. The van der Waals surface area contributed by atoms with Crippen LogP contribution in [0.4, 0.5) is 0 Å². The molecule has 0 bridgehead atoms. The molecule has 0 aliphatic carbocycles. The van der Waals surface area contributed by atoms with Gasteiger partial charge in [0, 0.05) is 18.2 Å². The van der Waals surface area contributed by atoms with Crippen LogP contribution in [0.25, 0.3) is 0 Å². The van der Waals surface area contributed by atoms with Gasteiger partial charge in [-0.3, -0.25) is 0 Å². The predicted octanol–water partition coefficient (Wildman–Crippen LogP) is 2.26. The highest BCUT2D eigenvalue weighted by Gasteiger charge is 1.97. The molecule has 0 saturated heterocycles. The van der Waals surface area contributed by atoms with Crippen molar-refractivity contribution in [1.29, 1.82) is 0 Å². The van der Waals surface area contributed by atoms with Crippen molar-refractivity contribution in [2.24, 2.45) is 0 Å². The van der Waals surface area contributed by atoms with Crippen molar-refractivity contribution in [2.75, 3.05) is 20.3 Å². The number of rotatable bonds is 7. The van der Waals surface area contributed by atoms with Gasteiger partial charge in [0.1, 0.15) is 11.5 Å². The van der Waals surface area contributed by atoms with Crippen molar-refractivity contribution < 1.29 is 9.47 Å². The molecular weight excluding hydrogens is 202 g/mol. The van der Waals surface area contributed by atoms with E-state index in [2.05, 4.69) is 25.2 Å². The molecule has 1 N–H and O–H groups in total. The molecule has 3 heteroatoms. The zero-order valence-corrected chi connectivity index (χ0v) is 10.2. The van der Waals surface area contributed by atoms with E-state index in [9.17, 15) is 0 Å². The molecule has 0 amide bonds. The van der Waals surface area contributed by atoms with Gasteiger partial charge in [-0.05, 0) is 25.1 Å². The lowest BCUT2D eigenvalue weighted by Gasteiger charge is -2.09. The summed E-state index contributed by atoms with van der Waals surface area (Å²) in [5.74, 6) is 1.54. The smallest absolute Gasteiger partial charge is 0.130 e. The number of methoxy groups -OCH3 is 1. The summed E-state index contributed by atoms with van der Waals surface area (Å²) in [5.41, 5.74) is 0. The fraction of sp³-hybridized carbons (Fsp3) is 0.538. The molecule has 0 saturated carbocycles. The second-order valence-electron chi connectivity index (χ2n) is 3.90. The number of hydrogen-bond acceptors (Lipinski definition) is 3. The number of hydrogen-bond donors (Lipinski definition) is 1. The Bertz CT molecular complexity index is 300. The lowest BCUT2D eigenvalue weighted by molar-refractivity contribution is 0.303. The Kier molecular flexibility index (Phi) is 5.72. The van der Waals surface area contributed by atoms with E-state index in [1.54, 1.807) is 13.2 Å². The van der Waals surface area contributed by atoms with Crippen LogP contribution in [0, 0.1) is 6.07 Å². The zero-order valence-electron chi connectivity index (χ0n) is 10.2.